The van der Waals surface area contributed by atoms with E-state index in [2.05, 4.69) is 10.6 Å². The van der Waals surface area contributed by atoms with Crippen LogP contribution in [0.1, 0.15) is 20.8 Å². The van der Waals surface area contributed by atoms with Crippen molar-refractivity contribution in [1.29, 1.82) is 0 Å². The second-order valence-electron chi connectivity index (χ2n) is 3.71. The van der Waals surface area contributed by atoms with Gasteiger partial charge in [0.2, 0.25) is 0 Å². The predicted octanol–water partition coefficient (Wildman–Crippen LogP) is 0.0680. The van der Waals surface area contributed by atoms with Crippen LogP contribution in [0.25, 0.3) is 0 Å². The first-order chi connectivity index (χ1) is 8.45. The summed E-state index contributed by atoms with van der Waals surface area (Å²) in [4.78, 5) is 33.8. The number of nitrogens with one attached hydrogen (secondary N) is 2. The molecule has 100 valence electrons. The quantitative estimate of drug-likeness (QED) is 0.694. The summed E-state index contributed by atoms with van der Waals surface area (Å²) in [6.45, 7) is 4.64. The number of amides is 2. The van der Waals surface area contributed by atoms with Crippen molar-refractivity contribution in [2.75, 3.05) is 13.2 Å². The van der Waals surface area contributed by atoms with Crippen molar-refractivity contribution in [3.05, 3.63) is 11.3 Å². The summed E-state index contributed by atoms with van der Waals surface area (Å²) in [6, 6.07) is -0.943. The number of ether oxygens (including phenoxy) is 2. The Morgan fingerprint density at radius 2 is 2.00 bits per heavy atom. The van der Waals surface area contributed by atoms with E-state index in [-0.39, 0.29) is 24.5 Å². The zero-order chi connectivity index (χ0) is 13.7. The first kappa shape index (κ1) is 14.0. The molecule has 0 spiro atoms. The smallest absolute Gasteiger partial charge is 0.338 e. The van der Waals surface area contributed by atoms with Gasteiger partial charge >= 0.3 is 18.0 Å². The van der Waals surface area contributed by atoms with Gasteiger partial charge in [-0.2, -0.15) is 0 Å². The van der Waals surface area contributed by atoms with E-state index in [1.807, 2.05) is 0 Å². The molecule has 1 aliphatic heterocycles. The average molecular weight is 256 g/mol. The fraction of sp³-hybridized carbons (Fsp3) is 0.545. The number of hydrogen-bond acceptors (Lipinski definition) is 5. The molecule has 0 aromatic heterocycles. The van der Waals surface area contributed by atoms with Crippen LogP contribution in [0.4, 0.5) is 4.79 Å². The van der Waals surface area contributed by atoms with Crippen LogP contribution >= 0.6 is 0 Å². The fourth-order valence-corrected chi connectivity index (χ4v) is 1.57. The molecule has 0 fully saturated rings. The van der Waals surface area contributed by atoms with Gasteiger partial charge in [0.05, 0.1) is 23.9 Å². The van der Waals surface area contributed by atoms with Crippen molar-refractivity contribution in [3.63, 3.8) is 0 Å². The fourth-order valence-electron chi connectivity index (χ4n) is 1.57. The van der Waals surface area contributed by atoms with E-state index in [9.17, 15) is 14.4 Å². The number of hydrogen-bond donors (Lipinski definition) is 2. The molecule has 0 aliphatic carbocycles. The predicted molar refractivity (Wildman–Crippen MR) is 61.4 cm³/mol. The second-order valence-corrected chi connectivity index (χ2v) is 3.71. The minimum atomic E-state index is -0.542. The summed E-state index contributed by atoms with van der Waals surface area (Å²) < 4.78 is 9.68. The molecule has 7 nitrogen and oxygen atoms in total. The van der Waals surface area contributed by atoms with E-state index >= 15 is 0 Å². The molecule has 2 N–H and O–H groups in total. The molecule has 0 bridgehead atoms. The highest BCUT2D eigenvalue weighted by molar-refractivity contribution is 5.94. The lowest BCUT2D eigenvalue weighted by Crippen LogP contribution is -2.50. The van der Waals surface area contributed by atoms with Crippen LogP contribution in [0.5, 0.6) is 0 Å². The van der Waals surface area contributed by atoms with Gasteiger partial charge < -0.3 is 20.1 Å². The lowest BCUT2D eigenvalue weighted by atomic mass is 10.0. The largest absolute Gasteiger partial charge is 0.463 e. The normalized spacial score (nSPS) is 18.8. The highest BCUT2D eigenvalue weighted by Crippen LogP contribution is 2.14. The Balaban J connectivity index is 2.96. The highest BCUT2D eigenvalue weighted by Gasteiger charge is 2.29. The molecule has 0 aromatic carbocycles. The van der Waals surface area contributed by atoms with Crippen molar-refractivity contribution in [2.24, 2.45) is 0 Å². The standard InChI is InChI=1S/C11H16N2O5/c1-4-17-10(15)9-6(2)12-11(16)13-8(9)5-18-7(3)14/h6H,4-5H2,1-3H3,(H2,12,13,16). The van der Waals surface area contributed by atoms with E-state index in [4.69, 9.17) is 9.47 Å². The maximum Gasteiger partial charge on any atom is 0.338 e. The number of rotatable bonds is 4. The van der Waals surface area contributed by atoms with Crippen LogP contribution in [0, 0.1) is 0 Å². The zero-order valence-electron chi connectivity index (χ0n) is 10.5. The van der Waals surface area contributed by atoms with E-state index in [0.29, 0.717) is 0 Å². The third-order valence-electron chi connectivity index (χ3n) is 2.29. The van der Waals surface area contributed by atoms with Gasteiger partial charge in [-0.3, -0.25) is 4.79 Å². The Morgan fingerprint density at radius 3 is 2.56 bits per heavy atom. The van der Waals surface area contributed by atoms with E-state index < -0.39 is 24.0 Å². The molecule has 0 saturated heterocycles. The third kappa shape index (κ3) is 3.47. The van der Waals surface area contributed by atoms with Crippen molar-refractivity contribution in [1.82, 2.24) is 10.6 Å². The monoisotopic (exact) mass is 256 g/mol. The molecule has 0 radical (unpaired) electrons. The van der Waals surface area contributed by atoms with Crippen LogP contribution in [-0.4, -0.2) is 37.2 Å². The zero-order valence-corrected chi connectivity index (χ0v) is 10.5. The maximum atomic E-state index is 11.8. The molecule has 1 heterocycles. The van der Waals surface area contributed by atoms with Gasteiger partial charge in [0.15, 0.2) is 0 Å². The number of carbonyl (C=O) groups excluding carboxylic acids is 3. The van der Waals surface area contributed by atoms with Crippen molar-refractivity contribution in [2.45, 2.75) is 26.8 Å². The molecule has 1 unspecified atom stereocenters. The molecule has 0 aromatic rings. The molecular formula is C11H16N2O5. The molecular weight excluding hydrogens is 240 g/mol. The molecule has 1 atom stereocenters. The Hall–Kier alpha value is -2.05. The van der Waals surface area contributed by atoms with Gasteiger partial charge in [0.1, 0.15) is 6.61 Å². The van der Waals surface area contributed by atoms with Crippen molar-refractivity contribution in [3.8, 4) is 0 Å². The molecule has 0 saturated carbocycles. The highest BCUT2D eigenvalue weighted by atomic mass is 16.5. The Morgan fingerprint density at radius 1 is 1.33 bits per heavy atom. The first-order valence-corrected chi connectivity index (χ1v) is 5.56. The lowest BCUT2D eigenvalue weighted by molar-refractivity contribution is -0.141. The topological polar surface area (TPSA) is 93.7 Å². The lowest BCUT2D eigenvalue weighted by Gasteiger charge is -2.26. The number of urea groups is 1. The van der Waals surface area contributed by atoms with Crippen LogP contribution < -0.4 is 10.6 Å². The number of carbonyl (C=O) groups is 3. The Kier molecular flexibility index (Phi) is 4.70. The summed E-state index contributed by atoms with van der Waals surface area (Å²) in [5, 5.41) is 4.98. The van der Waals surface area contributed by atoms with Gasteiger partial charge in [-0.05, 0) is 13.8 Å². The Bertz CT molecular complexity index is 402. The second kappa shape index (κ2) is 6.04. The van der Waals surface area contributed by atoms with Crippen molar-refractivity contribution >= 4 is 18.0 Å². The van der Waals surface area contributed by atoms with Gasteiger partial charge in [0.25, 0.3) is 0 Å². The van der Waals surface area contributed by atoms with E-state index in [1.54, 1.807) is 13.8 Å². The molecule has 18 heavy (non-hydrogen) atoms. The minimum absolute atomic E-state index is 0.165. The molecule has 7 heteroatoms. The van der Waals surface area contributed by atoms with E-state index in [1.165, 1.54) is 6.92 Å². The van der Waals surface area contributed by atoms with Gasteiger partial charge in [-0.25, -0.2) is 9.59 Å². The maximum absolute atomic E-state index is 11.8. The summed E-state index contributed by atoms with van der Waals surface area (Å²) in [5.74, 6) is -1.04. The first-order valence-electron chi connectivity index (χ1n) is 5.56. The Labute approximate surface area is 105 Å². The molecule has 1 rings (SSSR count). The summed E-state index contributed by atoms with van der Waals surface area (Å²) in [6.07, 6.45) is 0. The number of esters is 2. The minimum Gasteiger partial charge on any atom is -0.463 e. The molecule has 2 amide bonds. The van der Waals surface area contributed by atoms with Crippen LogP contribution in [0.15, 0.2) is 11.3 Å². The SMILES string of the molecule is CCOC(=O)C1=C(COC(C)=O)NC(=O)NC1C. The van der Waals surface area contributed by atoms with Crippen LogP contribution in [0.3, 0.4) is 0 Å². The van der Waals surface area contributed by atoms with Crippen LogP contribution in [-0.2, 0) is 19.1 Å². The van der Waals surface area contributed by atoms with Gasteiger partial charge in [-0.15, -0.1) is 0 Å². The summed E-state index contributed by atoms with van der Waals surface area (Å²) in [7, 11) is 0. The van der Waals surface area contributed by atoms with Crippen molar-refractivity contribution < 1.29 is 23.9 Å². The van der Waals surface area contributed by atoms with E-state index in [0.717, 1.165) is 0 Å². The summed E-state index contributed by atoms with van der Waals surface area (Å²) in [5.41, 5.74) is 0.512. The third-order valence-corrected chi connectivity index (χ3v) is 2.29. The summed E-state index contributed by atoms with van der Waals surface area (Å²) >= 11 is 0. The molecule has 1 aliphatic rings. The van der Waals surface area contributed by atoms with Crippen LogP contribution in [0.2, 0.25) is 0 Å². The average Bonchev–Trinajstić information content (AvgIpc) is 2.25. The van der Waals surface area contributed by atoms with Gasteiger partial charge in [0, 0.05) is 6.92 Å². The van der Waals surface area contributed by atoms with Gasteiger partial charge in [-0.1, -0.05) is 0 Å².